The van der Waals surface area contributed by atoms with Gasteiger partial charge in [0, 0.05) is 6.42 Å². The fourth-order valence-corrected chi connectivity index (χ4v) is 6.57. The van der Waals surface area contributed by atoms with Gasteiger partial charge in [0.05, 0.1) is 39.9 Å². The number of nitrogens with one attached hydrogen (secondary N) is 1. The maximum Gasteiger partial charge on any atom is 0.268 e. The number of phosphoric ester groups is 1. The van der Waals surface area contributed by atoms with Crippen molar-refractivity contribution in [2.75, 3.05) is 40.9 Å². The molecule has 0 aromatic rings. The van der Waals surface area contributed by atoms with Crippen LogP contribution < -0.4 is 10.2 Å². The molecular formula is C57H91N2O6P. The van der Waals surface area contributed by atoms with E-state index < -0.39 is 26.6 Å². The smallest absolute Gasteiger partial charge is 0.268 e. The molecule has 0 aliphatic carbocycles. The summed E-state index contributed by atoms with van der Waals surface area (Å²) in [5.74, 6) is -0.243. The lowest BCUT2D eigenvalue weighted by atomic mass is 10.1. The third kappa shape index (κ3) is 48.1. The van der Waals surface area contributed by atoms with Gasteiger partial charge in [0.1, 0.15) is 13.2 Å². The van der Waals surface area contributed by atoms with Crippen LogP contribution in [0.1, 0.15) is 142 Å². The van der Waals surface area contributed by atoms with Crippen LogP contribution in [-0.2, 0) is 18.4 Å². The molecule has 0 bridgehead atoms. The Morgan fingerprint density at radius 3 is 1.30 bits per heavy atom. The topological polar surface area (TPSA) is 108 Å². The summed E-state index contributed by atoms with van der Waals surface area (Å²) in [6.07, 6.45) is 74.1. The number of amides is 1. The Labute approximate surface area is 403 Å². The summed E-state index contributed by atoms with van der Waals surface area (Å²) >= 11 is 0. The van der Waals surface area contributed by atoms with Crippen LogP contribution in [0.15, 0.2) is 158 Å². The monoisotopic (exact) mass is 931 g/mol. The van der Waals surface area contributed by atoms with Gasteiger partial charge in [0.25, 0.3) is 7.82 Å². The summed E-state index contributed by atoms with van der Waals surface area (Å²) in [6.45, 7) is 4.24. The molecule has 0 aliphatic rings. The number of rotatable bonds is 42. The molecule has 9 heteroatoms. The zero-order valence-electron chi connectivity index (χ0n) is 41.8. The number of hydrogen-bond donors (Lipinski definition) is 2. The van der Waals surface area contributed by atoms with E-state index >= 15 is 0 Å². The summed E-state index contributed by atoms with van der Waals surface area (Å²) < 4.78 is 22.8. The summed E-state index contributed by atoms with van der Waals surface area (Å²) in [7, 11) is 1.21. The molecule has 0 heterocycles. The van der Waals surface area contributed by atoms with Crippen molar-refractivity contribution >= 4 is 13.7 Å². The average Bonchev–Trinajstić information content (AvgIpc) is 3.27. The van der Waals surface area contributed by atoms with E-state index in [0.29, 0.717) is 23.9 Å². The van der Waals surface area contributed by atoms with Gasteiger partial charge < -0.3 is 28.8 Å². The van der Waals surface area contributed by atoms with Crippen molar-refractivity contribution in [3.63, 3.8) is 0 Å². The normalized spacial score (nSPS) is 15.4. The minimum absolute atomic E-state index is 0.0170. The summed E-state index contributed by atoms with van der Waals surface area (Å²) in [6, 6.07) is -0.907. The number of aliphatic hydroxyl groups excluding tert-OH is 1. The first kappa shape index (κ1) is 62.1. The van der Waals surface area contributed by atoms with Crippen LogP contribution in [0.3, 0.4) is 0 Å². The Kier molecular flexibility index (Phi) is 43.5. The largest absolute Gasteiger partial charge is 0.756 e. The predicted molar refractivity (Wildman–Crippen MR) is 283 cm³/mol. The van der Waals surface area contributed by atoms with Crippen molar-refractivity contribution in [1.29, 1.82) is 0 Å². The zero-order valence-corrected chi connectivity index (χ0v) is 42.7. The van der Waals surface area contributed by atoms with E-state index in [0.717, 1.165) is 116 Å². The number of likely N-dealkylation sites (N-methyl/N-ethyl adjacent to an activating group) is 1. The van der Waals surface area contributed by atoms with Gasteiger partial charge in [-0.25, -0.2) is 0 Å². The number of carbonyl (C=O) groups is 1. The van der Waals surface area contributed by atoms with E-state index in [9.17, 15) is 19.4 Å². The Morgan fingerprint density at radius 1 is 0.545 bits per heavy atom. The van der Waals surface area contributed by atoms with E-state index in [1.165, 1.54) is 0 Å². The molecule has 0 fully saturated rings. The molecule has 0 spiro atoms. The minimum atomic E-state index is -4.58. The lowest BCUT2D eigenvalue weighted by Gasteiger charge is -2.29. The second kappa shape index (κ2) is 46.2. The molecular weight excluding hydrogens is 840 g/mol. The van der Waals surface area contributed by atoms with Crippen molar-refractivity contribution < 1.29 is 32.9 Å². The van der Waals surface area contributed by atoms with Crippen molar-refractivity contribution in [2.45, 2.75) is 154 Å². The lowest BCUT2D eigenvalue weighted by molar-refractivity contribution is -0.870. The van der Waals surface area contributed by atoms with Crippen molar-refractivity contribution in [3.8, 4) is 0 Å². The molecule has 3 unspecified atom stereocenters. The molecule has 0 aromatic heterocycles. The van der Waals surface area contributed by atoms with Crippen LogP contribution in [0.5, 0.6) is 0 Å². The van der Waals surface area contributed by atoms with E-state index in [1.54, 1.807) is 6.08 Å². The van der Waals surface area contributed by atoms with Gasteiger partial charge in [-0.1, -0.05) is 191 Å². The number of carbonyl (C=O) groups excluding carboxylic acids is 1. The first-order valence-electron chi connectivity index (χ1n) is 24.8. The fraction of sp³-hybridized carbons (Fsp3) is 0.526. The highest BCUT2D eigenvalue weighted by Gasteiger charge is 2.23. The summed E-state index contributed by atoms with van der Waals surface area (Å²) in [5.41, 5.74) is 0. The summed E-state index contributed by atoms with van der Waals surface area (Å²) in [4.78, 5) is 25.0. The Hall–Kier alpha value is -3.88. The van der Waals surface area contributed by atoms with Crippen molar-refractivity contribution in [3.05, 3.63) is 158 Å². The molecule has 0 radical (unpaired) electrons. The highest BCUT2D eigenvalue weighted by Crippen LogP contribution is 2.38. The number of phosphoric acid groups is 1. The minimum Gasteiger partial charge on any atom is -0.756 e. The van der Waals surface area contributed by atoms with Gasteiger partial charge in [0.2, 0.25) is 5.91 Å². The molecule has 0 aliphatic heterocycles. The predicted octanol–water partition coefficient (Wildman–Crippen LogP) is 14.1. The molecule has 66 heavy (non-hydrogen) atoms. The Morgan fingerprint density at radius 2 is 0.924 bits per heavy atom. The highest BCUT2D eigenvalue weighted by atomic mass is 31.2. The maximum absolute atomic E-state index is 12.7. The third-order valence-corrected chi connectivity index (χ3v) is 10.7. The van der Waals surface area contributed by atoms with Crippen LogP contribution in [0, 0.1) is 0 Å². The molecule has 2 N–H and O–H groups in total. The van der Waals surface area contributed by atoms with Gasteiger partial charge in [-0.2, -0.15) is 0 Å². The average molecular weight is 931 g/mol. The quantitative estimate of drug-likeness (QED) is 0.0273. The van der Waals surface area contributed by atoms with E-state index in [-0.39, 0.29) is 12.5 Å². The first-order valence-corrected chi connectivity index (χ1v) is 26.3. The molecule has 3 atom stereocenters. The zero-order chi connectivity index (χ0) is 48.5. The SMILES string of the molecule is CC/C=C\C/C=C\C/C=C\C/C=C\C/C=C\C/C=C\C/C=C\C/C=C\C/C=C\C/C=C\C/C=C\C/C=C\CCCCCCC(=O)NC(COP(=O)([O-])OCC[N+](C)(C)C)C(O)/C=C/CCC. The number of aliphatic hydroxyl groups is 1. The molecule has 8 nitrogen and oxygen atoms in total. The summed E-state index contributed by atoms with van der Waals surface area (Å²) in [5, 5.41) is 13.4. The van der Waals surface area contributed by atoms with E-state index in [4.69, 9.17) is 9.05 Å². The number of quaternary nitrogens is 1. The van der Waals surface area contributed by atoms with Gasteiger partial charge in [-0.3, -0.25) is 9.36 Å². The standard InChI is InChI=1S/C57H91N2O6P/c1-6-8-10-11-12-13-14-15-16-17-18-19-20-21-22-23-24-25-26-27-28-29-30-31-32-33-34-35-36-37-38-39-40-41-42-43-44-45-46-47-49-51-57(61)58-55(56(60)50-48-9-7-2)54-65-66(62,63)64-53-52-59(3,4)5/h8,10,12-13,15-16,18-19,21-22,24-25,27-28,30-31,33-34,36-37,39-40,42-43,48,50,55-56,60H,6-7,9,11,14,17,20,23,26,29,32,35,38,41,44-47,49,51-54H2,1-5H3,(H-,58,61,62,63)/b10-8-,13-12-,16-15-,19-18-,22-21-,25-24-,28-27-,31-30-,34-33-,37-36-,40-39-,43-42-,50-48+. The van der Waals surface area contributed by atoms with Gasteiger partial charge in [-0.05, 0) is 103 Å². The highest BCUT2D eigenvalue weighted by molar-refractivity contribution is 7.45. The van der Waals surface area contributed by atoms with Gasteiger partial charge in [0.15, 0.2) is 0 Å². The molecule has 0 aromatic carbocycles. The molecule has 0 rings (SSSR count). The molecule has 1 amide bonds. The van der Waals surface area contributed by atoms with Crippen LogP contribution >= 0.6 is 7.82 Å². The first-order chi connectivity index (χ1) is 32.0. The molecule has 370 valence electrons. The van der Waals surface area contributed by atoms with E-state index in [1.807, 2.05) is 34.1 Å². The fourth-order valence-electron chi connectivity index (χ4n) is 5.84. The van der Waals surface area contributed by atoms with Crippen molar-refractivity contribution in [1.82, 2.24) is 5.32 Å². The van der Waals surface area contributed by atoms with Crippen LogP contribution in [0.25, 0.3) is 0 Å². The molecule has 0 saturated heterocycles. The van der Waals surface area contributed by atoms with Crippen LogP contribution in [0.2, 0.25) is 0 Å². The second-order valence-electron chi connectivity index (χ2n) is 17.1. The molecule has 0 saturated carbocycles. The number of unbranched alkanes of at least 4 members (excludes halogenated alkanes) is 5. The number of allylic oxidation sites excluding steroid dienone is 25. The van der Waals surface area contributed by atoms with Gasteiger partial charge in [-0.15, -0.1) is 0 Å². The number of hydrogen-bond acceptors (Lipinski definition) is 6. The number of nitrogens with zero attached hydrogens (tertiary/aromatic N) is 1. The van der Waals surface area contributed by atoms with E-state index in [2.05, 4.69) is 158 Å². The maximum atomic E-state index is 12.7. The third-order valence-electron chi connectivity index (χ3n) is 9.73. The Balaban J connectivity index is 3.98. The second-order valence-corrected chi connectivity index (χ2v) is 18.5. The van der Waals surface area contributed by atoms with Crippen LogP contribution in [0.4, 0.5) is 0 Å². The van der Waals surface area contributed by atoms with Gasteiger partial charge >= 0.3 is 0 Å². The van der Waals surface area contributed by atoms with Crippen LogP contribution in [-0.4, -0.2) is 68.5 Å². The van der Waals surface area contributed by atoms with Crippen molar-refractivity contribution in [2.24, 2.45) is 0 Å². The lowest BCUT2D eigenvalue weighted by Crippen LogP contribution is -2.45. The Bertz CT molecular complexity index is 1620.